The van der Waals surface area contributed by atoms with Crippen LogP contribution in [-0.4, -0.2) is 19.5 Å². The van der Waals surface area contributed by atoms with Crippen LogP contribution in [0.15, 0.2) is 34.9 Å². The maximum Gasteiger partial charge on any atom is 0.205 e. The first-order chi connectivity index (χ1) is 13.2. The van der Waals surface area contributed by atoms with Crippen molar-refractivity contribution in [1.29, 1.82) is 5.26 Å². The summed E-state index contributed by atoms with van der Waals surface area (Å²) in [7, 11) is 1.58. The van der Waals surface area contributed by atoms with E-state index in [9.17, 15) is 10.1 Å². The number of Topliss-reactive ketones (excluding diaryl/α,β-unsaturated/α-hetero) is 1. The highest BCUT2D eigenvalue weighted by atomic mass is 16.5. The summed E-state index contributed by atoms with van der Waals surface area (Å²) in [5.74, 6) is 1.22. The van der Waals surface area contributed by atoms with Gasteiger partial charge in [0.15, 0.2) is 17.3 Å². The van der Waals surface area contributed by atoms with E-state index in [4.69, 9.17) is 19.9 Å². The number of benzene rings is 1. The van der Waals surface area contributed by atoms with Crippen LogP contribution in [0.2, 0.25) is 0 Å². The molecule has 6 nitrogen and oxygen atoms in total. The average molecular weight is 382 g/mol. The van der Waals surface area contributed by atoms with Gasteiger partial charge in [-0.3, -0.25) is 4.79 Å². The zero-order valence-electron chi connectivity index (χ0n) is 17.0. The molecule has 0 saturated heterocycles. The summed E-state index contributed by atoms with van der Waals surface area (Å²) >= 11 is 0. The van der Waals surface area contributed by atoms with Crippen molar-refractivity contribution in [2.24, 2.45) is 11.1 Å². The van der Waals surface area contributed by atoms with E-state index < -0.39 is 5.92 Å². The van der Waals surface area contributed by atoms with E-state index in [0.717, 1.165) is 11.1 Å². The Morgan fingerprint density at radius 2 is 2.04 bits per heavy atom. The molecular formula is C22H26N2O4. The average Bonchev–Trinajstić information content (AvgIpc) is 2.60. The van der Waals surface area contributed by atoms with Crippen LogP contribution in [0, 0.1) is 23.7 Å². The lowest BCUT2D eigenvalue weighted by atomic mass is 9.70. The molecule has 1 atom stereocenters. The Kier molecular flexibility index (Phi) is 5.12. The molecule has 0 saturated carbocycles. The molecule has 148 valence electrons. The standard InChI is InChI=1S/C22H26N2O4/c1-6-27-17-8-13(12(2)7-16(17)26-5)19-14(11-23)21(24)28-18-10-22(3,4)9-15(25)20(18)19/h7-8,19H,6,9-10,24H2,1-5H3/t19-/m0/s1. The van der Waals surface area contributed by atoms with Gasteiger partial charge >= 0.3 is 0 Å². The molecule has 0 unspecified atom stereocenters. The SMILES string of the molecule is CCOc1cc([C@H]2C(C#N)=C(N)OC3=C2C(=O)CC(C)(C)C3)c(C)cc1OC. The first-order valence-corrected chi connectivity index (χ1v) is 9.37. The molecule has 1 aromatic carbocycles. The molecule has 0 spiro atoms. The number of ketones is 1. The summed E-state index contributed by atoms with van der Waals surface area (Å²) in [5, 5.41) is 9.78. The lowest BCUT2D eigenvalue weighted by molar-refractivity contribution is -0.119. The van der Waals surface area contributed by atoms with E-state index in [0.29, 0.717) is 42.3 Å². The summed E-state index contributed by atoms with van der Waals surface area (Å²) in [6.45, 7) is 8.33. The van der Waals surface area contributed by atoms with Crippen LogP contribution in [-0.2, 0) is 9.53 Å². The predicted octanol–water partition coefficient (Wildman–Crippen LogP) is 3.85. The molecule has 0 fully saturated rings. The van der Waals surface area contributed by atoms with Crippen LogP contribution >= 0.6 is 0 Å². The Morgan fingerprint density at radius 1 is 1.32 bits per heavy atom. The topological polar surface area (TPSA) is 94.6 Å². The normalized spacial score (nSPS) is 21.0. The molecule has 3 rings (SSSR count). The van der Waals surface area contributed by atoms with Crippen molar-refractivity contribution < 1.29 is 19.0 Å². The Hall–Kier alpha value is -2.94. The van der Waals surface area contributed by atoms with Crippen molar-refractivity contribution >= 4 is 5.78 Å². The van der Waals surface area contributed by atoms with Crippen LogP contribution < -0.4 is 15.2 Å². The minimum absolute atomic E-state index is 0.00956. The summed E-state index contributed by atoms with van der Waals surface area (Å²) in [5.41, 5.74) is 8.35. The van der Waals surface area contributed by atoms with Crippen LogP contribution in [0.1, 0.15) is 50.7 Å². The molecule has 1 aliphatic carbocycles. The fourth-order valence-electron chi connectivity index (χ4n) is 4.01. The molecule has 28 heavy (non-hydrogen) atoms. The molecule has 0 amide bonds. The first kappa shape index (κ1) is 19.8. The Balaban J connectivity index is 2.23. The summed E-state index contributed by atoms with van der Waals surface area (Å²) in [4.78, 5) is 13.1. The molecule has 0 bridgehead atoms. The molecule has 2 aliphatic rings. The fraction of sp³-hybridized carbons (Fsp3) is 0.455. The van der Waals surface area contributed by atoms with Gasteiger partial charge in [0.2, 0.25) is 5.88 Å². The van der Waals surface area contributed by atoms with E-state index in [1.165, 1.54) is 0 Å². The number of nitrogens with two attached hydrogens (primary N) is 1. The number of nitrogens with zero attached hydrogens (tertiary/aromatic N) is 1. The Bertz CT molecular complexity index is 935. The van der Waals surface area contributed by atoms with E-state index in [2.05, 4.69) is 6.07 Å². The Labute approximate surface area is 165 Å². The van der Waals surface area contributed by atoms with Crippen molar-refractivity contribution in [3.63, 3.8) is 0 Å². The number of hydrogen-bond acceptors (Lipinski definition) is 6. The number of carbonyl (C=O) groups excluding carboxylic acids is 1. The Morgan fingerprint density at radius 3 is 2.64 bits per heavy atom. The third-order valence-corrected chi connectivity index (χ3v) is 5.24. The van der Waals surface area contributed by atoms with E-state index in [1.807, 2.05) is 39.8 Å². The van der Waals surface area contributed by atoms with Crippen LogP contribution in [0.5, 0.6) is 11.5 Å². The van der Waals surface area contributed by atoms with Gasteiger partial charge in [-0.15, -0.1) is 0 Å². The minimum Gasteiger partial charge on any atom is -0.493 e. The first-order valence-electron chi connectivity index (χ1n) is 9.37. The maximum absolute atomic E-state index is 13.1. The van der Waals surface area contributed by atoms with Gasteiger partial charge in [-0.25, -0.2) is 0 Å². The second kappa shape index (κ2) is 7.23. The van der Waals surface area contributed by atoms with Gasteiger partial charge in [0.05, 0.1) is 19.6 Å². The second-order valence-corrected chi connectivity index (χ2v) is 8.00. The number of allylic oxidation sites excluding steroid dienone is 3. The van der Waals surface area contributed by atoms with Gasteiger partial charge in [0.1, 0.15) is 17.4 Å². The molecule has 1 aromatic rings. The molecule has 1 heterocycles. The maximum atomic E-state index is 13.1. The van der Waals surface area contributed by atoms with E-state index >= 15 is 0 Å². The van der Waals surface area contributed by atoms with Crippen LogP contribution in [0.4, 0.5) is 0 Å². The summed E-state index contributed by atoms with van der Waals surface area (Å²) in [6.07, 6.45) is 0.995. The molecule has 0 radical (unpaired) electrons. The summed E-state index contributed by atoms with van der Waals surface area (Å²) < 4.78 is 16.9. The van der Waals surface area contributed by atoms with Gasteiger partial charge in [0, 0.05) is 18.4 Å². The van der Waals surface area contributed by atoms with Gasteiger partial charge < -0.3 is 19.9 Å². The van der Waals surface area contributed by atoms with Crippen molar-refractivity contribution in [3.05, 3.63) is 46.0 Å². The predicted molar refractivity (Wildman–Crippen MR) is 105 cm³/mol. The highest BCUT2D eigenvalue weighted by Gasteiger charge is 2.43. The monoisotopic (exact) mass is 382 g/mol. The molecule has 0 aromatic heterocycles. The highest BCUT2D eigenvalue weighted by Crippen LogP contribution is 2.49. The van der Waals surface area contributed by atoms with Gasteiger partial charge in [0.25, 0.3) is 0 Å². The van der Waals surface area contributed by atoms with Crippen LogP contribution in [0.3, 0.4) is 0 Å². The number of nitriles is 1. The molecular weight excluding hydrogens is 356 g/mol. The lowest BCUT2D eigenvalue weighted by Crippen LogP contribution is -2.33. The number of methoxy groups -OCH3 is 1. The number of ether oxygens (including phenoxy) is 3. The molecule has 6 heteroatoms. The smallest absolute Gasteiger partial charge is 0.205 e. The molecule has 1 aliphatic heterocycles. The van der Waals surface area contributed by atoms with Crippen molar-refractivity contribution in [2.45, 2.75) is 46.5 Å². The van der Waals surface area contributed by atoms with Gasteiger partial charge in [-0.2, -0.15) is 5.26 Å². The third-order valence-electron chi connectivity index (χ3n) is 5.24. The van der Waals surface area contributed by atoms with E-state index in [1.54, 1.807) is 7.11 Å². The second-order valence-electron chi connectivity index (χ2n) is 8.00. The van der Waals surface area contributed by atoms with E-state index in [-0.39, 0.29) is 22.7 Å². The number of aryl methyl sites for hydroxylation is 1. The summed E-state index contributed by atoms with van der Waals surface area (Å²) in [6, 6.07) is 5.86. The quantitative estimate of drug-likeness (QED) is 0.850. The highest BCUT2D eigenvalue weighted by molar-refractivity contribution is 6.00. The van der Waals surface area contributed by atoms with Gasteiger partial charge in [-0.1, -0.05) is 13.8 Å². The van der Waals surface area contributed by atoms with Gasteiger partial charge in [-0.05, 0) is 42.5 Å². The number of carbonyl (C=O) groups is 1. The fourth-order valence-corrected chi connectivity index (χ4v) is 4.01. The largest absolute Gasteiger partial charge is 0.493 e. The minimum atomic E-state index is -0.567. The van der Waals surface area contributed by atoms with Crippen molar-refractivity contribution in [2.75, 3.05) is 13.7 Å². The van der Waals surface area contributed by atoms with Crippen LogP contribution in [0.25, 0.3) is 0 Å². The number of hydrogen-bond donors (Lipinski definition) is 1. The number of rotatable bonds is 4. The zero-order chi connectivity index (χ0) is 20.6. The lowest BCUT2D eigenvalue weighted by Gasteiger charge is -2.37. The zero-order valence-corrected chi connectivity index (χ0v) is 17.0. The van der Waals surface area contributed by atoms with Crippen molar-refractivity contribution in [1.82, 2.24) is 0 Å². The third kappa shape index (κ3) is 3.33. The molecule has 2 N–H and O–H groups in total. The van der Waals surface area contributed by atoms with Crippen molar-refractivity contribution in [3.8, 4) is 17.6 Å².